The molecule has 0 bridgehead atoms. The first-order valence-corrected chi connectivity index (χ1v) is 6.60. The lowest BCUT2D eigenvalue weighted by atomic mass is 9.92. The highest BCUT2D eigenvalue weighted by atomic mass is 35.5. The third-order valence-electron chi connectivity index (χ3n) is 3.63. The maximum absolute atomic E-state index is 11.0. The van der Waals surface area contributed by atoms with Crippen LogP contribution in [0.2, 0.25) is 0 Å². The summed E-state index contributed by atoms with van der Waals surface area (Å²) in [5.41, 5.74) is 4.04. The fraction of sp³-hybridized carbons (Fsp3) is 0.188. The number of ether oxygens (including phenoxy) is 1. The molecule has 2 aromatic carbocycles. The Morgan fingerprint density at radius 1 is 1.05 bits per heavy atom. The van der Waals surface area contributed by atoms with Gasteiger partial charge in [0.2, 0.25) is 0 Å². The molecule has 0 heterocycles. The third kappa shape index (κ3) is 2.02. The van der Waals surface area contributed by atoms with Gasteiger partial charge in [0.25, 0.3) is 0 Å². The molecule has 1 atom stereocenters. The van der Waals surface area contributed by atoms with Crippen LogP contribution in [0.4, 0.5) is 4.79 Å². The van der Waals surface area contributed by atoms with Crippen LogP contribution in [0.5, 0.6) is 0 Å². The highest BCUT2D eigenvalue weighted by molar-refractivity contribution is 6.61. The molecule has 19 heavy (non-hydrogen) atoms. The SMILES string of the molecule is CC(OC(=O)Cl)C1c2ccccc2-c2ccccc21. The molecule has 0 fully saturated rings. The second-order valence-electron chi connectivity index (χ2n) is 4.71. The highest BCUT2D eigenvalue weighted by Crippen LogP contribution is 2.46. The molecule has 2 nitrogen and oxygen atoms in total. The Morgan fingerprint density at radius 2 is 1.53 bits per heavy atom. The van der Waals surface area contributed by atoms with E-state index in [9.17, 15) is 4.79 Å². The monoisotopic (exact) mass is 272 g/mol. The zero-order valence-corrected chi connectivity index (χ0v) is 11.2. The second kappa shape index (κ2) is 4.71. The number of rotatable bonds is 2. The minimum absolute atomic E-state index is 0.0510. The summed E-state index contributed by atoms with van der Waals surface area (Å²) in [5.74, 6) is 0.0510. The first kappa shape index (κ1) is 12.2. The van der Waals surface area contributed by atoms with E-state index in [4.69, 9.17) is 16.3 Å². The summed E-state index contributed by atoms with van der Waals surface area (Å²) in [4.78, 5) is 11.0. The van der Waals surface area contributed by atoms with Gasteiger partial charge in [0.15, 0.2) is 0 Å². The van der Waals surface area contributed by atoms with E-state index < -0.39 is 5.43 Å². The minimum atomic E-state index is -0.755. The van der Waals surface area contributed by atoms with Crippen molar-refractivity contribution in [2.45, 2.75) is 18.9 Å². The fourth-order valence-electron chi connectivity index (χ4n) is 2.91. The summed E-state index contributed by atoms with van der Waals surface area (Å²) in [5, 5.41) is 0. The first-order valence-electron chi connectivity index (χ1n) is 6.23. The lowest BCUT2D eigenvalue weighted by molar-refractivity contribution is 0.122. The summed E-state index contributed by atoms with van der Waals surface area (Å²) < 4.78 is 5.17. The number of halogens is 1. The maximum Gasteiger partial charge on any atom is 0.404 e. The molecule has 0 spiro atoms. The average molecular weight is 273 g/mol. The molecular weight excluding hydrogens is 260 g/mol. The number of hydrogen-bond donors (Lipinski definition) is 0. The number of fused-ring (bicyclic) bond motifs is 3. The van der Waals surface area contributed by atoms with E-state index in [1.54, 1.807) is 0 Å². The van der Waals surface area contributed by atoms with Gasteiger partial charge in [0, 0.05) is 17.5 Å². The van der Waals surface area contributed by atoms with E-state index in [1.165, 1.54) is 22.3 Å². The van der Waals surface area contributed by atoms with Crippen LogP contribution in [0.25, 0.3) is 11.1 Å². The highest BCUT2D eigenvalue weighted by Gasteiger charge is 2.33. The third-order valence-corrected chi connectivity index (χ3v) is 3.72. The number of carbonyl (C=O) groups excluding carboxylic acids is 1. The predicted octanol–water partition coefficient (Wildman–Crippen LogP) is 4.56. The van der Waals surface area contributed by atoms with Crippen molar-refractivity contribution >= 4 is 17.0 Å². The van der Waals surface area contributed by atoms with Crippen molar-refractivity contribution in [2.75, 3.05) is 0 Å². The first-order chi connectivity index (χ1) is 9.18. The molecule has 0 amide bonds. The summed E-state index contributed by atoms with van der Waals surface area (Å²) >= 11 is 5.34. The van der Waals surface area contributed by atoms with Gasteiger partial charge in [-0.1, -0.05) is 48.5 Å². The van der Waals surface area contributed by atoms with E-state index in [0.717, 1.165) is 0 Å². The number of benzene rings is 2. The number of carbonyl (C=O) groups is 1. The van der Waals surface area contributed by atoms with Crippen molar-refractivity contribution in [3.05, 3.63) is 59.7 Å². The zero-order valence-electron chi connectivity index (χ0n) is 10.5. The largest absolute Gasteiger partial charge is 0.450 e. The van der Waals surface area contributed by atoms with Gasteiger partial charge in [0.1, 0.15) is 6.10 Å². The van der Waals surface area contributed by atoms with Crippen molar-refractivity contribution < 1.29 is 9.53 Å². The quantitative estimate of drug-likeness (QED) is 0.749. The maximum atomic E-state index is 11.0. The normalized spacial score (nSPS) is 14.6. The smallest absolute Gasteiger partial charge is 0.404 e. The van der Waals surface area contributed by atoms with Crippen LogP contribution in [0, 0.1) is 0 Å². The molecule has 1 aliphatic carbocycles. The van der Waals surface area contributed by atoms with Gasteiger partial charge in [-0.15, -0.1) is 0 Å². The van der Waals surface area contributed by atoms with Gasteiger partial charge >= 0.3 is 5.43 Å². The van der Waals surface area contributed by atoms with Crippen LogP contribution in [0.1, 0.15) is 24.0 Å². The topological polar surface area (TPSA) is 26.3 Å². The minimum Gasteiger partial charge on any atom is -0.450 e. The molecule has 1 aliphatic rings. The van der Waals surface area contributed by atoms with Crippen molar-refractivity contribution in [3.63, 3.8) is 0 Å². The van der Waals surface area contributed by atoms with Crippen LogP contribution in [-0.4, -0.2) is 11.5 Å². The van der Waals surface area contributed by atoms with Crippen LogP contribution in [0.15, 0.2) is 48.5 Å². The molecule has 0 aromatic heterocycles. The van der Waals surface area contributed by atoms with E-state index >= 15 is 0 Å². The molecule has 0 saturated heterocycles. The van der Waals surface area contributed by atoms with E-state index in [1.807, 2.05) is 31.2 Å². The second-order valence-corrected chi connectivity index (χ2v) is 5.02. The molecule has 2 aromatic rings. The van der Waals surface area contributed by atoms with Crippen LogP contribution < -0.4 is 0 Å². The Kier molecular flexibility index (Phi) is 3.03. The van der Waals surface area contributed by atoms with Gasteiger partial charge in [-0.05, 0) is 29.2 Å². The fourth-order valence-corrected chi connectivity index (χ4v) is 3.05. The summed E-state index contributed by atoms with van der Waals surface area (Å²) in [6, 6.07) is 16.4. The van der Waals surface area contributed by atoms with Crippen molar-refractivity contribution in [2.24, 2.45) is 0 Å². The average Bonchev–Trinajstić information content (AvgIpc) is 2.72. The summed E-state index contributed by atoms with van der Waals surface area (Å²) in [7, 11) is 0. The molecule has 1 unspecified atom stereocenters. The molecule has 0 aliphatic heterocycles. The standard InChI is InChI=1S/C16H13ClO2/c1-10(19-16(17)18)15-13-8-4-2-6-11(13)12-7-3-5-9-14(12)15/h2-10,15H,1H3. The Labute approximate surface area is 117 Å². The summed E-state index contributed by atoms with van der Waals surface area (Å²) in [6.07, 6.45) is -0.283. The summed E-state index contributed by atoms with van der Waals surface area (Å²) in [6.45, 7) is 1.88. The molecule has 0 saturated carbocycles. The predicted molar refractivity (Wildman–Crippen MR) is 75.5 cm³/mol. The Bertz CT molecular complexity index is 591. The van der Waals surface area contributed by atoms with Crippen molar-refractivity contribution in [1.29, 1.82) is 0 Å². The van der Waals surface area contributed by atoms with Gasteiger partial charge in [-0.2, -0.15) is 0 Å². The molecule has 3 heteroatoms. The van der Waals surface area contributed by atoms with Crippen LogP contribution in [-0.2, 0) is 4.74 Å². The van der Waals surface area contributed by atoms with E-state index in [0.29, 0.717) is 0 Å². The van der Waals surface area contributed by atoms with Crippen molar-refractivity contribution in [3.8, 4) is 11.1 Å². The Morgan fingerprint density at radius 3 is 2.00 bits per heavy atom. The zero-order chi connectivity index (χ0) is 13.4. The van der Waals surface area contributed by atoms with Crippen LogP contribution >= 0.6 is 11.6 Å². The molecule has 96 valence electrons. The van der Waals surface area contributed by atoms with Gasteiger partial charge in [-0.25, -0.2) is 4.79 Å². The molecule has 0 N–H and O–H groups in total. The van der Waals surface area contributed by atoms with Gasteiger partial charge < -0.3 is 4.74 Å². The Hall–Kier alpha value is -1.80. The lowest BCUT2D eigenvalue weighted by Gasteiger charge is -2.20. The number of hydrogen-bond acceptors (Lipinski definition) is 2. The van der Waals surface area contributed by atoms with Crippen LogP contribution in [0.3, 0.4) is 0 Å². The molecular formula is C16H13ClO2. The van der Waals surface area contributed by atoms with Gasteiger partial charge in [0.05, 0.1) is 0 Å². The van der Waals surface area contributed by atoms with Crippen molar-refractivity contribution in [1.82, 2.24) is 0 Å². The lowest BCUT2D eigenvalue weighted by Crippen LogP contribution is -2.19. The van der Waals surface area contributed by atoms with E-state index in [-0.39, 0.29) is 12.0 Å². The molecule has 3 rings (SSSR count). The van der Waals surface area contributed by atoms with Gasteiger partial charge in [-0.3, -0.25) is 0 Å². The van der Waals surface area contributed by atoms with E-state index in [2.05, 4.69) is 24.3 Å². The Balaban J connectivity index is 2.12. The molecule has 0 radical (unpaired) electrons.